The summed E-state index contributed by atoms with van der Waals surface area (Å²) in [7, 11) is 0. The monoisotopic (exact) mass is 302 g/mol. The molecule has 0 aliphatic carbocycles. The van der Waals surface area contributed by atoms with Gasteiger partial charge < -0.3 is 11.1 Å². The van der Waals surface area contributed by atoms with Crippen molar-refractivity contribution in [2.24, 2.45) is 5.73 Å². The van der Waals surface area contributed by atoms with Crippen molar-refractivity contribution in [2.75, 3.05) is 11.9 Å². The normalized spacial score (nSPS) is 9.67. The molecule has 0 heterocycles. The number of amides is 1. The molecule has 3 nitrogen and oxygen atoms in total. The van der Waals surface area contributed by atoms with Gasteiger partial charge in [0.15, 0.2) is 0 Å². The highest BCUT2D eigenvalue weighted by molar-refractivity contribution is 6.31. The van der Waals surface area contributed by atoms with Gasteiger partial charge in [-0.1, -0.05) is 29.5 Å². The first kappa shape index (κ1) is 15.0. The maximum atomic E-state index is 13.8. The van der Waals surface area contributed by atoms with E-state index in [0.717, 1.165) is 0 Å². The first-order valence-electron chi connectivity index (χ1n) is 6.15. The highest BCUT2D eigenvalue weighted by Gasteiger charge is 2.08. The standard InChI is InChI=1S/C16H12ClFN2O/c17-13-5-1-3-12(9-13)16(21)20-14-7-6-11(4-2-8-19)15(18)10-14/h1,3,5-7,9-10H,8,19H2,(H,20,21). The summed E-state index contributed by atoms with van der Waals surface area (Å²) in [4.78, 5) is 12.0. The van der Waals surface area contributed by atoms with Crippen LogP contribution in [-0.4, -0.2) is 12.5 Å². The van der Waals surface area contributed by atoms with Gasteiger partial charge in [-0.25, -0.2) is 4.39 Å². The maximum absolute atomic E-state index is 13.8. The fourth-order valence-electron chi connectivity index (χ4n) is 1.67. The first-order valence-corrected chi connectivity index (χ1v) is 6.53. The lowest BCUT2D eigenvalue weighted by Gasteiger charge is -2.06. The van der Waals surface area contributed by atoms with Gasteiger partial charge in [0.05, 0.1) is 12.1 Å². The molecule has 0 aromatic heterocycles. The Morgan fingerprint density at radius 2 is 2.10 bits per heavy atom. The van der Waals surface area contributed by atoms with Crippen LogP contribution in [0.15, 0.2) is 42.5 Å². The van der Waals surface area contributed by atoms with Gasteiger partial charge in [-0.05, 0) is 36.4 Å². The zero-order chi connectivity index (χ0) is 15.2. The third-order valence-electron chi connectivity index (χ3n) is 2.64. The van der Waals surface area contributed by atoms with Gasteiger partial charge in [-0.15, -0.1) is 0 Å². The molecule has 2 aromatic carbocycles. The van der Waals surface area contributed by atoms with Crippen molar-refractivity contribution in [3.8, 4) is 11.8 Å². The van der Waals surface area contributed by atoms with Crippen molar-refractivity contribution in [3.05, 3.63) is 64.4 Å². The molecule has 1 amide bonds. The van der Waals surface area contributed by atoms with Crippen molar-refractivity contribution in [3.63, 3.8) is 0 Å². The topological polar surface area (TPSA) is 55.1 Å². The molecule has 0 unspecified atom stereocenters. The summed E-state index contributed by atoms with van der Waals surface area (Å²) >= 11 is 5.82. The molecule has 0 radical (unpaired) electrons. The fraction of sp³-hybridized carbons (Fsp3) is 0.0625. The predicted molar refractivity (Wildman–Crippen MR) is 81.7 cm³/mol. The van der Waals surface area contributed by atoms with Crippen molar-refractivity contribution in [2.45, 2.75) is 0 Å². The van der Waals surface area contributed by atoms with Crippen LogP contribution < -0.4 is 11.1 Å². The van der Waals surface area contributed by atoms with E-state index in [1.54, 1.807) is 24.3 Å². The van der Waals surface area contributed by atoms with Crippen LogP contribution >= 0.6 is 11.6 Å². The molecule has 0 aliphatic rings. The third kappa shape index (κ3) is 4.06. The van der Waals surface area contributed by atoms with Crippen LogP contribution in [0.2, 0.25) is 5.02 Å². The number of nitrogens with two attached hydrogens (primary N) is 1. The van der Waals surface area contributed by atoms with Crippen molar-refractivity contribution in [1.29, 1.82) is 0 Å². The van der Waals surface area contributed by atoms with Crippen LogP contribution in [0.3, 0.4) is 0 Å². The van der Waals surface area contributed by atoms with Gasteiger partial charge in [-0.2, -0.15) is 0 Å². The smallest absolute Gasteiger partial charge is 0.255 e. The van der Waals surface area contributed by atoms with Crippen molar-refractivity contribution < 1.29 is 9.18 Å². The Bertz CT molecular complexity index is 735. The van der Waals surface area contributed by atoms with Crippen LogP contribution in [0.25, 0.3) is 0 Å². The molecule has 5 heteroatoms. The third-order valence-corrected chi connectivity index (χ3v) is 2.87. The highest BCUT2D eigenvalue weighted by Crippen LogP contribution is 2.16. The molecule has 21 heavy (non-hydrogen) atoms. The van der Waals surface area contributed by atoms with E-state index in [1.807, 2.05) is 0 Å². The van der Waals surface area contributed by atoms with Gasteiger partial charge in [0.25, 0.3) is 5.91 Å². The molecule has 0 atom stereocenters. The Balaban J connectivity index is 2.17. The number of carbonyl (C=O) groups is 1. The summed E-state index contributed by atoms with van der Waals surface area (Å²) in [6.07, 6.45) is 0. The molecule has 3 N–H and O–H groups in total. The summed E-state index contributed by atoms with van der Waals surface area (Å²) in [6, 6.07) is 10.8. The Hall–Kier alpha value is -2.35. The van der Waals surface area contributed by atoms with Crippen molar-refractivity contribution in [1.82, 2.24) is 0 Å². The van der Waals surface area contributed by atoms with E-state index >= 15 is 0 Å². The second kappa shape index (κ2) is 6.89. The molecule has 2 aromatic rings. The number of nitrogens with one attached hydrogen (secondary N) is 1. The lowest BCUT2D eigenvalue weighted by molar-refractivity contribution is 0.102. The van der Waals surface area contributed by atoms with Crippen molar-refractivity contribution >= 4 is 23.2 Å². The molecule has 0 saturated carbocycles. The number of halogens is 2. The Morgan fingerprint density at radius 3 is 2.76 bits per heavy atom. The molecule has 106 valence electrons. The molecule has 0 spiro atoms. The minimum Gasteiger partial charge on any atom is -0.322 e. The Labute approximate surface area is 126 Å². The molecule has 0 aliphatic heterocycles. The van der Waals surface area contributed by atoms with E-state index in [9.17, 15) is 9.18 Å². The summed E-state index contributed by atoms with van der Waals surface area (Å²) in [5.41, 5.74) is 6.21. The number of hydrogen-bond acceptors (Lipinski definition) is 2. The van der Waals surface area contributed by atoms with Gasteiger partial charge >= 0.3 is 0 Å². The van der Waals surface area contributed by atoms with Gasteiger partial charge in [-0.3, -0.25) is 4.79 Å². The minimum absolute atomic E-state index is 0.159. The summed E-state index contributed by atoms with van der Waals surface area (Å²) < 4.78 is 13.8. The van der Waals surface area contributed by atoms with E-state index in [4.69, 9.17) is 17.3 Å². The molecule has 0 fully saturated rings. The SMILES string of the molecule is NCC#Cc1ccc(NC(=O)c2cccc(Cl)c2)cc1F. The van der Waals surface area contributed by atoms with Gasteiger partial charge in [0, 0.05) is 16.3 Å². The Morgan fingerprint density at radius 1 is 1.29 bits per heavy atom. The second-order valence-electron chi connectivity index (χ2n) is 4.16. The number of rotatable bonds is 2. The van der Waals surface area contributed by atoms with E-state index in [1.165, 1.54) is 18.2 Å². The fourth-order valence-corrected chi connectivity index (χ4v) is 1.86. The zero-order valence-electron chi connectivity index (χ0n) is 11.0. The predicted octanol–water partition coefficient (Wildman–Crippen LogP) is 3.04. The Kier molecular flexibility index (Phi) is 4.94. The number of anilines is 1. The molecular formula is C16H12ClFN2O. The number of hydrogen-bond donors (Lipinski definition) is 2. The van der Waals surface area contributed by atoms with E-state index in [0.29, 0.717) is 16.3 Å². The van der Waals surface area contributed by atoms with Crippen LogP contribution in [0.5, 0.6) is 0 Å². The summed E-state index contributed by atoms with van der Waals surface area (Å²) in [5, 5.41) is 3.06. The number of carbonyl (C=O) groups excluding carboxylic acids is 1. The van der Waals surface area contributed by atoms with Gasteiger partial charge in [0.2, 0.25) is 0 Å². The average molecular weight is 303 g/mol. The van der Waals surface area contributed by atoms with E-state index in [2.05, 4.69) is 17.2 Å². The van der Waals surface area contributed by atoms with Gasteiger partial charge in [0.1, 0.15) is 5.82 Å². The zero-order valence-corrected chi connectivity index (χ0v) is 11.7. The molecule has 2 rings (SSSR count). The quantitative estimate of drug-likeness (QED) is 0.838. The van der Waals surface area contributed by atoms with Crippen LogP contribution in [-0.2, 0) is 0 Å². The second-order valence-corrected chi connectivity index (χ2v) is 4.60. The minimum atomic E-state index is -0.514. The largest absolute Gasteiger partial charge is 0.322 e. The van der Waals surface area contributed by atoms with Crippen LogP contribution in [0, 0.1) is 17.7 Å². The van der Waals surface area contributed by atoms with Crippen LogP contribution in [0.4, 0.5) is 10.1 Å². The average Bonchev–Trinajstić information content (AvgIpc) is 2.46. The van der Waals surface area contributed by atoms with E-state index in [-0.39, 0.29) is 18.0 Å². The maximum Gasteiger partial charge on any atom is 0.255 e. The highest BCUT2D eigenvalue weighted by atomic mass is 35.5. The molecular weight excluding hydrogens is 291 g/mol. The van der Waals surface area contributed by atoms with E-state index < -0.39 is 5.82 Å². The first-order chi connectivity index (χ1) is 10.1. The van der Waals surface area contributed by atoms with Crippen LogP contribution in [0.1, 0.15) is 15.9 Å². The summed E-state index contributed by atoms with van der Waals surface area (Å²) in [6.45, 7) is 0.159. The number of benzene rings is 2. The lowest BCUT2D eigenvalue weighted by Crippen LogP contribution is -2.12. The molecule has 0 bridgehead atoms. The molecule has 0 saturated heterocycles. The lowest BCUT2D eigenvalue weighted by atomic mass is 10.1. The summed E-state index contributed by atoms with van der Waals surface area (Å²) in [5.74, 6) is 4.31.